The summed E-state index contributed by atoms with van der Waals surface area (Å²) in [6.07, 6.45) is 1.65. The molecule has 4 rings (SSSR count). The summed E-state index contributed by atoms with van der Waals surface area (Å²) in [5, 5.41) is 6.80. The third-order valence-electron chi connectivity index (χ3n) is 5.31. The SMILES string of the molecule is O=C(NC1CCN(NCCOc2ccc(Cl)c(F)c2)CC1)c1ccc2cc(Cl)ccc2n1. The Morgan fingerprint density at radius 3 is 2.72 bits per heavy atom. The lowest BCUT2D eigenvalue weighted by Crippen LogP contribution is -2.50. The lowest BCUT2D eigenvalue weighted by atomic mass is 10.1. The Morgan fingerprint density at radius 1 is 1.12 bits per heavy atom. The first-order chi connectivity index (χ1) is 15.5. The highest BCUT2D eigenvalue weighted by Gasteiger charge is 2.21. The number of hydrogen-bond donors (Lipinski definition) is 2. The van der Waals surface area contributed by atoms with Gasteiger partial charge in [0.25, 0.3) is 5.91 Å². The summed E-state index contributed by atoms with van der Waals surface area (Å²) in [5.74, 6) is -0.220. The van der Waals surface area contributed by atoms with Crippen molar-refractivity contribution in [2.75, 3.05) is 26.2 Å². The zero-order valence-corrected chi connectivity index (χ0v) is 18.8. The first kappa shape index (κ1) is 22.7. The molecule has 0 radical (unpaired) electrons. The highest BCUT2D eigenvalue weighted by Crippen LogP contribution is 2.20. The molecular formula is C23H23Cl2FN4O2. The normalized spacial score (nSPS) is 15.1. The van der Waals surface area contributed by atoms with E-state index in [0.29, 0.717) is 29.6 Å². The number of pyridine rings is 1. The van der Waals surface area contributed by atoms with Crippen molar-refractivity contribution < 1.29 is 13.9 Å². The molecule has 0 aliphatic carbocycles. The molecule has 0 spiro atoms. The molecule has 1 aliphatic heterocycles. The van der Waals surface area contributed by atoms with Crippen LogP contribution in [0.5, 0.6) is 5.75 Å². The van der Waals surface area contributed by atoms with Crippen molar-refractivity contribution in [1.29, 1.82) is 0 Å². The van der Waals surface area contributed by atoms with Crippen LogP contribution in [-0.2, 0) is 0 Å². The van der Waals surface area contributed by atoms with Gasteiger partial charge in [0.15, 0.2) is 0 Å². The van der Waals surface area contributed by atoms with E-state index in [1.165, 1.54) is 12.1 Å². The van der Waals surface area contributed by atoms with Crippen molar-refractivity contribution in [2.24, 2.45) is 0 Å². The van der Waals surface area contributed by atoms with Crippen LogP contribution < -0.4 is 15.5 Å². The molecule has 0 atom stereocenters. The highest BCUT2D eigenvalue weighted by molar-refractivity contribution is 6.31. The van der Waals surface area contributed by atoms with Crippen LogP contribution in [0.4, 0.5) is 4.39 Å². The molecule has 2 heterocycles. The van der Waals surface area contributed by atoms with Gasteiger partial charge in [0.2, 0.25) is 0 Å². The van der Waals surface area contributed by atoms with Gasteiger partial charge in [-0.2, -0.15) is 0 Å². The second-order valence-electron chi connectivity index (χ2n) is 7.60. The Balaban J connectivity index is 1.19. The van der Waals surface area contributed by atoms with Gasteiger partial charge in [-0.15, -0.1) is 0 Å². The number of hydrazine groups is 1. The number of fused-ring (bicyclic) bond motifs is 1. The van der Waals surface area contributed by atoms with Crippen LogP contribution in [0.15, 0.2) is 48.5 Å². The largest absolute Gasteiger partial charge is 0.492 e. The Morgan fingerprint density at radius 2 is 1.94 bits per heavy atom. The van der Waals surface area contributed by atoms with E-state index < -0.39 is 5.82 Å². The molecule has 1 aliphatic rings. The summed E-state index contributed by atoms with van der Waals surface area (Å²) in [7, 11) is 0. The van der Waals surface area contributed by atoms with Crippen LogP contribution in [0.2, 0.25) is 10.0 Å². The summed E-state index contributed by atoms with van der Waals surface area (Å²) in [6.45, 7) is 2.58. The molecule has 2 aromatic carbocycles. The van der Waals surface area contributed by atoms with Crippen molar-refractivity contribution in [1.82, 2.24) is 20.7 Å². The van der Waals surface area contributed by atoms with E-state index in [-0.39, 0.29) is 17.0 Å². The van der Waals surface area contributed by atoms with Gasteiger partial charge in [0.1, 0.15) is 23.9 Å². The number of rotatable bonds is 7. The Bertz CT molecular complexity index is 1110. The third kappa shape index (κ3) is 5.86. The Labute approximate surface area is 195 Å². The number of ether oxygens (including phenoxy) is 1. The average molecular weight is 477 g/mol. The lowest BCUT2D eigenvalue weighted by molar-refractivity contribution is 0.0871. The van der Waals surface area contributed by atoms with Crippen LogP contribution in [0.25, 0.3) is 10.9 Å². The monoisotopic (exact) mass is 476 g/mol. The number of amides is 1. The van der Waals surface area contributed by atoms with Crippen molar-refractivity contribution in [2.45, 2.75) is 18.9 Å². The van der Waals surface area contributed by atoms with Gasteiger partial charge in [-0.05, 0) is 49.2 Å². The van der Waals surface area contributed by atoms with E-state index in [4.69, 9.17) is 27.9 Å². The van der Waals surface area contributed by atoms with Crippen LogP contribution in [0.1, 0.15) is 23.3 Å². The van der Waals surface area contributed by atoms with E-state index in [0.717, 1.165) is 36.8 Å². The van der Waals surface area contributed by atoms with E-state index in [2.05, 4.69) is 20.7 Å². The van der Waals surface area contributed by atoms with Gasteiger partial charge >= 0.3 is 0 Å². The summed E-state index contributed by atoms with van der Waals surface area (Å²) >= 11 is 11.7. The molecule has 9 heteroatoms. The minimum Gasteiger partial charge on any atom is -0.492 e. The number of nitrogens with zero attached hydrogens (tertiary/aromatic N) is 2. The molecule has 1 saturated heterocycles. The fourth-order valence-electron chi connectivity index (χ4n) is 3.60. The second kappa shape index (κ2) is 10.4. The topological polar surface area (TPSA) is 66.5 Å². The lowest BCUT2D eigenvalue weighted by Gasteiger charge is -2.32. The molecule has 0 saturated carbocycles. The zero-order chi connectivity index (χ0) is 22.5. The van der Waals surface area contributed by atoms with Crippen LogP contribution in [0, 0.1) is 5.82 Å². The molecule has 1 aromatic heterocycles. The Hall–Kier alpha value is -2.45. The van der Waals surface area contributed by atoms with Gasteiger partial charge in [0, 0.05) is 42.2 Å². The summed E-state index contributed by atoms with van der Waals surface area (Å²) in [4.78, 5) is 17.1. The van der Waals surface area contributed by atoms with E-state index in [1.807, 2.05) is 18.2 Å². The van der Waals surface area contributed by atoms with E-state index in [1.54, 1.807) is 18.2 Å². The number of carbonyl (C=O) groups excluding carboxylic acids is 1. The van der Waals surface area contributed by atoms with Crippen LogP contribution >= 0.6 is 23.2 Å². The molecule has 1 fully saturated rings. The fraction of sp³-hybridized carbons (Fsp3) is 0.304. The number of carbonyl (C=O) groups is 1. The smallest absolute Gasteiger partial charge is 0.270 e. The molecule has 0 bridgehead atoms. The molecule has 2 N–H and O–H groups in total. The highest BCUT2D eigenvalue weighted by atomic mass is 35.5. The van der Waals surface area contributed by atoms with Crippen molar-refractivity contribution >= 4 is 40.0 Å². The van der Waals surface area contributed by atoms with Gasteiger partial charge in [-0.25, -0.2) is 14.4 Å². The maximum absolute atomic E-state index is 13.4. The number of hydrogen-bond acceptors (Lipinski definition) is 5. The van der Waals surface area contributed by atoms with Gasteiger partial charge in [-0.3, -0.25) is 10.2 Å². The van der Waals surface area contributed by atoms with Gasteiger partial charge in [0.05, 0.1) is 10.5 Å². The van der Waals surface area contributed by atoms with Gasteiger partial charge in [-0.1, -0.05) is 29.3 Å². The van der Waals surface area contributed by atoms with Crippen LogP contribution in [-0.4, -0.2) is 48.2 Å². The minimum atomic E-state index is -0.496. The maximum atomic E-state index is 13.4. The first-order valence-corrected chi connectivity index (χ1v) is 11.2. The number of nitrogens with one attached hydrogen (secondary N) is 2. The predicted molar refractivity (Wildman–Crippen MR) is 124 cm³/mol. The summed E-state index contributed by atoms with van der Waals surface area (Å²) < 4.78 is 19.0. The fourth-order valence-corrected chi connectivity index (χ4v) is 3.90. The molecule has 6 nitrogen and oxygen atoms in total. The number of halogens is 3. The second-order valence-corrected chi connectivity index (χ2v) is 8.44. The van der Waals surface area contributed by atoms with Crippen LogP contribution in [0.3, 0.4) is 0 Å². The van der Waals surface area contributed by atoms with Gasteiger partial charge < -0.3 is 10.1 Å². The third-order valence-corrected chi connectivity index (χ3v) is 5.85. The quantitative estimate of drug-likeness (QED) is 0.492. The molecule has 3 aromatic rings. The summed E-state index contributed by atoms with van der Waals surface area (Å²) in [5.41, 5.74) is 4.44. The summed E-state index contributed by atoms with van der Waals surface area (Å²) in [6, 6.07) is 13.5. The zero-order valence-electron chi connectivity index (χ0n) is 17.3. The Kier molecular flexibility index (Phi) is 7.42. The number of piperidine rings is 1. The van der Waals surface area contributed by atoms with Crippen molar-refractivity contribution in [3.63, 3.8) is 0 Å². The molecule has 32 heavy (non-hydrogen) atoms. The standard InChI is InChI=1S/C23H23Cl2FN4O2/c24-16-2-6-21-15(13-16)1-5-22(29-21)23(31)28-17-7-10-30(11-8-17)27-9-12-32-18-3-4-19(25)20(26)14-18/h1-6,13-14,17,27H,7-12H2,(H,28,31). The molecule has 1 amide bonds. The first-order valence-electron chi connectivity index (χ1n) is 10.4. The molecular weight excluding hydrogens is 454 g/mol. The predicted octanol–water partition coefficient (Wildman–Crippen LogP) is 4.46. The molecule has 0 unspecified atom stereocenters. The van der Waals surface area contributed by atoms with Crippen molar-refractivity contribution in [3.05, 3.63) is 70.1 Å². The van der Waals surface area contributed by atoms with E-state index >= 15 is 0 Å². The average Bonchev–Trinajstić information content (AvgIpc) is 2.79. The number of aromatic nitrogens is 1. The maximum Gasteiger partial charge on any atom is 0.270 e. The van der Waals surface area contributed by atoms with E-state index in [9.17, 15) is 9.18 Å². The molecule has 168 valence electrons. The minimum absolute atomic E-state index is 0.0757. The number of benzene rings is 2. The van der Waals surface area contributed by atoms with Crippen molar-refractivity contribution in [3.8, 4) is 5.75 Å².